The third kappa shape index (κ3) is 6.40. The van der Waals surface area contributed by atoms with Crippen LogP contribution in [0.4, 0.5) is 0 Å². The molecular formula is C22H40O8SSi2. The lowest BCUT2D eigenvalue weighted by molar-refractivity contribution is -0.370. The zero-order chi connectivity index (χ0) is 25.4. The highest BCUT2D eigenvalue weighted by atomic mass is 32.2. The standard InChI is InChI=1S/C22H40O8SSi2/c1-19(2,3)32(7)29-21(25)14-22(28-16(13-23)18(21)24,30-33(8)20(4,5)6)15-11-9-10-12-17(15)31(26)27/h9-12,16,18,23-25,32-33H,13-14H2,1-8H3,(H,26,27)/t16-,18-,21+,22-,32?,33?/m0/s1. The molecule has 0 radical (unpaired) electrons. The highest BCUT2D eigenvalue weighted by molar-refractivity contribution is 7.79. The molecule has 2 rings (SSSR count). The van der Waals surface area contributed by atoms with E-state index in [9.17, 15) is 24.1 Å². The van der Waals surface area contributed by atoms with Crippen LogP contribution in [-0.2, 0) is 30.5 Å². The van der Waals surface area contributed by atoms with Gasteiger partial charge in [0.1, 0.15) is 12.2 Å². The molecule has 4 N–H and O–H groups in total. The Hall–Kier alpha value is -0.476. The first-order valence-electron chi connectivity index (χ1n) is 11.2. The lowest BCUT2D eigenvalue weighted by Gasteiger charge is -2.53. The third-order valence-electron chi connectivity index (χ3n) is 6.49. The Labute approximate surface area is 203 Å². The van der Waals surface area contributed by atoms with E-state index in [2.05, 4.69) is 0 Å². The number of ether oxygens (including phenoxy) is 1. The third-order valence-corrected chi connectivity index (χ3v) is 13.6. The van der Waals surface area contributed by atoms with E-state index in [1.807, 2.05) is 54.6 Å². The van der Waals surface area contributed by atoms with Gasteiger partial charge in [0, 0.05) is 5.56 Å². The molecule has 11 heteroatoms. The van der Waals surface area contributed by atoms with Gasteiger partial charge in [0.15, 0.2) is 40.7 Å². The van der Waals surface area contributed by atoms with Crippen molar-refractivity contribution in [1.82, 2.24) is 0 Å². The van der Waals surface area contributed by atoms with Crippen LogP contribution < -0.4 is 0 Å². The van der Waals surface area contributed by atoms with E-state index in [1.54, 1.807) is 18.2 Å². The van der Waals surface area contributed by atoms with Crippen molar-refractivity contribution in [1.29, 1.82) is 0 Å². The van der Waals surface area contributed by atoms with Gasteiger partial charge in [-0.1, -0.05) is 59.7 Å². The quantitative estimate of drug-likeness (QED) is 0.246. The number of benzene rings is 1. The van der Waals surface area contributed by atoms with Crippen molar-refractivity contribution >= 4 is 29.2 Å². The van der Waals surface area contributed by atoms with Crippen LogP contribution in [0.25, 0.3) is 0 Å². The Morgan fingerprint density at radius 1 is 1.09 bits per heavy atom. The van der Waals surface area contributed by atoms with Crippen molar-refractivity contribution in [2.24, 2.45) is 0 Å². The average molecular weight is 521 g/mol. The molecule has 8 nitrogen and oxygen atoms in total. The summed E-state index contributed by atoms with van der Waals surface area (Å²) >= 11 is -2.36. The number of rotatable bonds is 7. The Morgan fingerprint density at radius 3 is 2.09 bits per heavy atom. The number of hydrogen-bond donors (Lipinski definition) is 4. The largest absolute Gasteiger partial charge is 0.394 e. The Kier molecular flexibility index (Phi) is 8.93. The van der Waals surface area contributed by atoms with Crippen molar-refractivity contribution < 1.29 is 37.7 Å². The Balaban J connectivity index is 2.71. The number of aliphatic hydroxyl groups excluding tert-OH is 2. The molecule has 1 aliphatic heterocycles. The van der Waals surface area contributed by atoms with Gasteiger partial charge in [0.05, 0.1) is 17.9 Å². The van der Waals surface area contributed by atoms with E-state index in [-0.39, 0.29) is 27.0 Å². The highest BCUT2D eigenvalue weighted by Gasteiger charge is 2.59. The summed E-state index contributed by atoms with van der Waals surface area (Å²) in [4.78, 5) is 0.0733. The molecule has 1 aromatic rings. The van der Waals surface area contributed by atoms with Crippen LogP contribution >= 0.6 is 0 Å². The maximum atomic E-state index is 12.2. The van der Waals surface area contributed by atoms with Crippen LogP contribution in [0.15, 0.2) is 29.2 Å². The van der Waals surface area contributed by atoms with Crippen molar-refractivity contribution in [3.8, 4) is 0 Å². The van der Waals surface area contributed by atoms with Crippen LogP contribution in [0.3, 0.4) is 0 Å². The van der Waals surface area contributed by atoms with E-state index in [0.717, 1.165) is 0 Å². The predicted molar refractivity (Wildman–Crippen MR) is 132 cm³/mol. The van der Waals surface area contributed by atoms with Crippen LogP contribution in [-0.4, -0.2) is 66.8 Å². The van der Waals surface area contributed by atoms with Crippen molar-refractivity contribution in [2.75, 3.05) is 6.61 Å². The van der Waals surface area contributed by atoms with Crippen LogP contribution in [0.2, 0.25) is 23.2 Å². The SMILES string of the molecule is C[SiH](O[C@]1(c2ccccc2S(=O)O)C[C@@](O)(O[SiH](C)C(C)(C)C)[C@@H](O)[C@H](CO)O1)C(C)(C)C. The van der Waals surface area contributed by atoms with Crippen LogP contribution in [0.1, 0.15) is 53.5 Å². The fourth-order valence-corrected chi connectivity index (χ4v) is 6.48. The van der Waals surface area contributed by atoms with Gasteiger partial charge < -0.3 is 33.5 Å². The van der Waals surface area contributed by atoms with Gasteiger partial charge in [-0.05, 0) is 29.2 Å². The summed E-state index contributed by atoms with van der Waals surface area (Å²) in [5, 5.41) is 32.3. The Morgan fingerprint density at radius 2 is 1.61 bits per heavy atom. The first-order chi connectivity index (χ1) is 15.0. The maximum Gasteiger partial charge on any atom is 0.192 e. The summed E-state index contributed by atoms with van der Waals surface area (Å²) in [6.45, 7) is 15.4. The highest BCUT2D eigenvalue weighted by Crippen LogP contribution is 2.48. The molecule has 1 saturated heterocycles. The van der Waals surface area contributed by atoms with Gasteiger partial charge in [-0.25, -0.2) is 4.21 Å². The van der Waals surface area contributed by atoms with Crippen molar-refractivity contribution in [2.45, 2.75) is 99.8 Å². The van der Waals surface area contributed by atoms with E-state index in [0.29, 0.717) is 0 Å². The molecule has 0 spiro atoms. The molecule has 0 aromatic heterocycles. The molecule has 0 aliphatic carbocycles. The minimum absolute atomic E-state index is 0.0733. The fraction of sp³-hybridized carbons (Fsp3) is 0.727. The van der Waals surface area contributed by atoms with Crippen LogP contribution in [0.5, 0.6) is 0 Å². The van der Waals surface area contributed by atoms with E-state index in [1.165, 1.54) is 6.07 Å². The minimum atomic E-state index is -2.36. The van der Waals surface area contributed by atoms with Gasteiger partial charge in [0.25, 0.3) is 0 Å². The molecule has 7 atom stereocenters. The van der Waals surface area contributed by atoms with Gasteiger partial charge in [-0.2, -0.15) is 0 Å². The van der Waals surface area contributed by atoms with Gasteiger partial charge in [-0.15, -0.1) is 0 Å². The summed E-state index contributed by atoms with van der Waals surface area (Å²) in [7, 11) is -4.12. The summed E-state index contributed by atoms with van der Waals surface area (Å²) in [5.41, 5.74) is 0.270. The molecule has 33 heavy (non-hydrogen) atoms. The summed E-state index contributed by atoms with van der Waals surface area (Å²) in [5.74, 6) is -3.78. The summed E-state index contributed by atoms with van der Waals surface area (Å²) < 4.78 is 41.1. The summed E-state index contributed by atoms with van der Waals surface area (Å²) in [6, 6.07) is 6.43. The molecule has 1 fully saturated rings. The molecular weight excluding hydrogens is 480 g/mol. The van der Waals surface area contributed by atoms with Gasteiger partial charge in [-0.3, -0.25) is 0 Å². The second kappa shape index (κ2) is 10.3. The summed E-state index contributed by atoms with van der Waals surface area (Å²) in [6.07, 6.45) is -3.08. The zero-order valence-electron chi connectivity index (χ0n) is 20.9. The normalized spacial score (nSPS) is 31.8. The lowest BCUT2D eigenvalue weighted by Crippen LogP contribution is -2.65. The lowest BCUT2D eigenvalue weighted by atomic mass is 9.88. The topological polar surface area (TPSA) is 126 Å². The monoisotopic (exact) mass is 520 g/mol. The van der Waals surface area contributed by atoms with E-state index in [4.69, 9.17) is 13.6 Å². The Bertz CT molecular complexity index is 842. The van der Waals surface area contributed by atoms with E-state index < -0.39 is 59.5 Å². The van der Waals surface area contributed by atoms with E-state index >= 15 is 0 Å². The molecule has 190 valence electrons. The maximum absolute atomic E-state index is 12.2. The minimum Gasteiger partial charge on any atom is -0.394 e. The van der Waals surface area contributed by atoms with Gasteiger partial charge in [0.2, 0.25) is 0 Å². The number of aliphatic hydroxyl groups is 3. The van der Waals surface area contributed by atoms with Crippen molar-refractivity contribution in [3.63, 3.8) is 0 Å². The fourth-order valence-electron chi connectivity index (χ4n) is 3.50. The number of hydrogen-bond acceptors (Lipinski definition) is 7. The second-order valence-electron chi connectivity index (χ2n) is 11.1. The molecule has 1 aromatic carbocycles. The zero-order valence-corrected chi connectivity index (χ0v) is 24.0. The molecule has 0 saturated carbocycles. The first kappa shape index (κ1) is 28.8. The molecule has 0 amide bonds. The first-order valence-corrected chi connectivity index (χ1v) is 16.7. The molecule has 1 heterocycles. The molecule has 3 unspecified atom stereocenters. The second-order valence-corrected chi connectivity index (χ2v) is 18.5. The van der Waals surface area contributed by atoms with Gasteiger partial charge >= 0.3 is 0 Å². The van der Waals surface area contributed by atoms with Crippen LogP contribution in [0, 0.1) is 0 Å². The average Bonchev–Trinajstić information content (AvgIpc) is 2.69. The van der Waals surface area contributed by atoms with Crippen molar-refractivity contribution in [3.05, 3.63) is 29.8 Å². The smallest absolute Gasteiger partial charge is 0.192 e. The predicted octanol–water partition coefficient (Wildman–Crippen LogP) is 2.59. The molecule has 0 bridgehead atoms. The molecule has 1 aliphatic rings.